The number of nitrogens with zero attached hydrogens (tertiary/aromatic N) is 4. The zero-order chi connectivity index (χ0) is 19.9. The van der Waals surface area contributed by atoms with Crippen molar-refractivity contribution < 1.29 is 18.3 Å². The van der Waals surface area contributed by atoms with Crippen LogP contribution in [0.2, 0.25) is 0 Å². The third kappa shape index (κ3) is 3.29. The van der Waals surface area contributed by atoms with E-state index in [1.165, 1.54) is 35.5 Å². The van der Waals surface area contributed by atoms with Crippen LogP contribution in [0.1, 0.15) is 19.5 Å². The number of aromatic hydroxyl groups is 1. The van der Waals surface area contributed by atoms with Gasteiger partial charge in [-0.3, -0.25) is 4.79 Å². The number of aryl methyl sites for hydroxylation is 1. The number of pyridine rings is 2. The highest BCUT2D eigenvalue weighted by Crippen LogP contribution is 2.34. The maximum Gasteiger partial charge on any atom is 0.431 e. The topological polar surface area (TPSA) is 72.9 Å². The Morgan fingerprint density at radius 2 is 1.96 bits per heavy atom. The van der Waals surface area contributed by atoms with Gasteiger partial charge >= 0.3 is 6.18 Å². The average molecular weight is 398 g/mol. The Bertz CT molecular complexity index is 1070. The molecule has 3 aromatic heterocycles. The minimum absolute atomic E-state index is 0.0267. The number of aromatic nitrogens is 4. The van der Waals surface area contributed by atoms with Crippen molar-refractivity contribution in [2.45, 2.75) is 31.5 Å². The fraction of sp³-hybridized carbons (Fsp3) is 0.353. The molecule has 144 valence electrons. The Labute approximate surface area is 156 Å². The van der Waals surface area contributed by atoms with Gasteiger partial charge in [0.2, 0.25) is 0 Å². The summed E-state index contributed by atoms with van der Waals surface area (Å²) in [7, 11) is 1.56. The van der Waals surface area contributed by atoms with E-state index >= 15 is 0 Å². The van der Waals surface area contributed by atoms with E-state index in [1.807, 2.05) is 6.92 Å². The summed E-state index contributed by atoms with van der Waals surface area (Å²) in [5, 5.41) is 9.68. The Kier molecular flexibility index (Phi) is 4.94. The summed E-state index contributed by atoms with van der Waals surface area (Å²) in [6.07, 6.45) is -3.43. The quantitative estimate of drug-likeness (QED) is 0.679. The van der Waals surface area contributed by atoms with Gasteiger partial charge in [-0.1, -0.05) is 6.92 Å². The Hall–Kier alpha value is -2.49. The predicted molar refractivity (Wildman–Crippen MR) is 96.9 cm³/mol. The number of hydrogen-bond donors (Lipinski definition) is 1. The van der Waals surface area contributed by atoms with E-state index in [2.05, 4.69) is 9.97 Å². The lowest BCUT2D eigenvalue weighted by molar-refractivity contribution is -0.144. The minimum atomic E-state index is -4.67. The molecule has 0 unspecified atom stereocenters. The highest BCUT2D eigenvalue weighted by Gasteiger charge is 2.35. The van der Waals surface area contributed by atoms with Crippen LogP contribution < -0.4 is 5.56 Å². The molecule has 10 heteroatoms. The van der Waals surface area contributed by atoms with Gasteiger partial charge in [0.1, 0.15) is 22.7 Å². The third-order valence-electron chi connectivity index (χ3n) is 4.09. The van der Waals surface area contributed by atoms with Crippen molar-refractivity contribution >= 4 is 22.8 Å². The van der Waals surface area contributed by atoms with Crippen LogP contribution in [0.25, 0.3) is 22.6 Å². The predicted octanol–water partition coefficient (Wildman–Crippen LogP) is 3.65. The molecule has 6 nitrogen and oxygen atoms in total. The van der Waals surface area contributed by atoms with Gasteiger partial charge in [0.25, 0.3) is 5.56 Å². The van der Waals surface area contributed by atoms with Crippen LogP contribution in [0.5, 0.6) is 5.75 Å². The largest absolute Gasteiger partial charge is 0.506 e. The molecule has 0 atom stereocenters. The van der Waals surface area contributed by atoms with Crippen LogP contribution in [0.15, 0.2) is 28.0 Å². The van der Waals surface area contributed by atoms with Crippen molar-refractivity contribution in [3.05, 3.63) is 34.4 Å². The molecular formula is C17H17F3N4O2S. The lowest BCUT2D eigenvalue weighted by Crippen LogP contribution is -2.28. The molecule has 0 aliphatic heterocycles. The van der Waals surface area contributed by atoms with E-state index in [0.717, 1.165) is 6.07 Å². The highest BCUT2D eigenvalue weighted by atomic mass is 32.2. The average Bonchev–Trinajstić information content (AvgIpc) is 2.91. The smallest absolute Gasteiger partial charge is 0.431 e. The molecule has 0 radical (unpaired) electrons. The van der Waals surface area contributed by atoms with E-state index in [-0.39, 0.29) is 29.2 Å². The van der Waals surface area contributed by atoms with Gasteiger partial charge in [-0.2, -0.15) is 13.2 Å². The van der Waals surface area contributed by atoms with Crippen molar-refractivity contribution in [2.75, 3.05) is 5.75 Å². The van der Waals surface area contributed by atoms with E-state index in [4.69, 9.17) is 0 Å². The van der Waals surface area contributed by atoms with Crippen molar-refractivity contribution in [1.29, 1.82) is 0 Å². The number of halogens is 3. The fourth-order valence-electron chi connectivity index (χ4n) is 2.95. The van der Waals surface area contributed by atoms with E-state index in [9.17, 15) is 23.1 Å². The molecule has 0 saturated carbocycles. The van der Waals surface area contributed by atoms with E-state index in [0.29, 0.717) is 20.9 Å². The van der Waals surface area contributed by atoms with Crippen LogP contribution in [-0.2, 0) is 19.8 Å². The lowest BCUT2D eigenvalue weighted by Gasteiger charge is -2.14. The van der Waals surface area contributed by atoms with Gasteiger partial charge in [-0.15, -0.1) is 11.8 Å². The first-order valence-corrected chi connectivity index (χ1v) is 9.17. The summed E-state index contributed by atoms with van der Waals surface area (Å²) in [6.45, 7) is 3.29. The summed E-state index contributed by atoms with van der Waals surface area (Å²) in [5.74, 6) is 0.935. The van der Waals surface area contributed by atoms with E-state index < -0.39 is 17.4 Å². The maximum absolute atomic E-state index is 13.3. The molecule has 0 spiro atoms. The lowest BCUT2D eigenvalue weighted by atomic mass is 10.3. The normalized spacial score (nSPS) is 12.1. The number of alkyl halides is 3. The molecule has 3 rings (SSSR count). The molecule has 3 heterocycles. The second kappa shape index (κ2) is 6.91. The Morgan fingerprint density at radius 1 is 1.26 bits per heavy atom. The van der Waals surface area contributed by atoms with Crippen molar-refractivity contribution in [2.24, 2.45) is 7.05 Å². The van der Waals surface area contributed by atoms with Crippen molar-refractivity contribution in [3.8, 4) is 17.3 Å². The van der Waals surface area contributed by atoms with Crippen LogP contribution in [0.4, 0.5) is 13.2 Å². The first kappa shape index (κ1) is 19.3. The molecule has 0 aromatic carbocycles. The number of fused-ring (bicyclic) bond motifs is 1. The standard InChI is InChI=1S/C17H17F3N4O2S/c1-4-24-12(17(18,19)20)7-10-14(16(24)26)23(3)15(22-10)13-11(27-5-2)6-9(25)8-21-13/h6-8,25H,4-5H2,1-3H3. The molecular weight excluding hydrogens is 381 g/mol. The summed E-state index contributed by atoms with van der Waals surface area (Å²) in [5.41, 5.74) is -1.37. The first-order chi connectivity index (χ1) is 12.7. The van der Waals surface area contributed by atoms with Gasteiger partial charge in [-0.25, -0.2) is 9.97 Å². The SMILES string of the molecule is CCSc1cc(O)cnc1-c1nc2cc(C(F)(F)F)n(CC)c(=O)c2n1C. The highest BCUT2D eigenvalue weighted by molar-refractivity contribution is 7.99. The second-order valence-electron chi connectivity index (χ2n) is 5.78. The van der Waals surface area contributed by atoms with Crippen LogP contribution >= 0.6 is 11.8 Å². The summed E-state index contributed by atoms with van der Waals surface area (Å²) in [6, 6.07) is 2.40. The number of rotatable bonds is 4. The van der Waals surface area contributed by atoms with Gasteiger partial charge < -0.3 is 14.2 Å². The van der Waals surface area contributed by atoms with Crippen molar-refractivity contribution in [3.63, 3.8) is 0 Å². The van der Waals surface area contributed by atoms with Gasteiger partial charge in [0.05, 0.1) is 11.7 Å². The molecule has 27 heavy (non-hydrogen) atoms. The number of imidazole rings is 1. The second-order valence-corrected chi connectivity index (χ2v) is 7.08. The molecule has 0 aliphatic rings. The first-order valence-electron chi connectivity index (χ1n) is 8.18. The number of thioether (sulfide) groups is 1. The molecule has 0 aliphatic carbocycles. The Morgan fingerprint density at radius 3 is 2.56 bits per heavy atom. The Balaban J connectivity index is 2.34. The maximum atomic E-state index is 13.3. The number of hydrogen-bond acceptors (Lipinski definition) is 5. The van der Waals surface area contributed by atoms with Gasteiger partial charge in [0.15, 0.2) is 5.82 Å². The minimum Gasteiger partial charge on any atom is -0.506 e. The van der Waals surface area contributed by atoms with Crippen LogP contribution in [-0.4, -0.2) is 30.0 Å². The summed E-state index contributed by atoms with van der Waals surface area (Å²) >= 11 is 1.41. The monoisotopic (exact) mass is 398 g/mol. The molecule has 0 amide bonds. The van der Waals surface area contributed by atoms with Gasteiger partial charge in [0, 0.05) is 18.5 Å². The van der Waals surface area contributed by atoms with Crippen LogP contribution in [0, 0.1) is 0 Å². The molecule has 1 N–H and O–H groups in total. The van der Waals surface area contributed by atoms with Gasteiger partial charge in [-0.05, 0) is 24.8 Å². The van der Waals surface area contributed by atoms with Crippen LogP contribution in [0.3, 0.4) is 0 Å². The molecule has 0 saturated heterocycles. The summed E-state index contributed by atoms with van der Waals surface area (Å²) < 4.78 is 42.2. The fourth-order valence-corrected chi connectivity index (χ4v) is 3.74. The molecule has 0 bridgehead atoms. The van der Waals surface area contributed by atoms with E-state index in [1.54, 1.807) is 7.05 Å². The summed E-state index contributed by atoms with van der Waals surface area (Å²) in [4.78, 5) is 21.8. The molecule has 3 aromatic rings. The van der Waals surface area contributed by atoms with Crippen molar-refractivity contribution in [1.82, 2.24) is 19.1 Å². The zero-order valence-electron chi connectivity index (χ0n) is 14.8. The zero-order valence-corrected chi connectivity index (χ0v) is 15.6. The molecule has 0 fully saturated rings. The third-order valence-corrected chi connectivity index (χ3v) is 5.00.